The average Bonchev–Trinajstić information content (AvgIpc) is 2.84. The number of nitrogens with zero attached hydrogens (tertiary/aromatic N) is 2. The summed E-state index contributed by atoms with van der Waals surface area (Å²) in [5.41, 5.74) is 0.555. The molecule has 2 aromatic rings. The predicted octanol–water partition coefficient (Wildman–Crippen LogP) is 2.79. The molecule has 9 heteroatoms. The molecule has 1 aromatic heterocycles. The van der Waals surface area contributed by atoms with Crippen LogP contribution < -0.4 is 5.32 Å². The third-order valence-electron chi connectivity index (χ3n) is 2.87. The zero-order chi connectivity index (χ0) is 16.1. The van der Waals surface area contributed by atoms with E-state index < -0.39 is 10.9 Å². The second kappa shape index (κ2) is 6.94. The van der Waals surface area contributed by atoms with E-state index in [9.17, 15) is 19.7 Å². The summed E-state index contributed by atoms with van der Waals surface area (Å²) in [5.74, 6) is -1.13. The Hall–Kier alpha value is -2.55. The minimum absolute atomic E-state index is 0.0253. The van der Waals surface area contributed by atoms with Gasteiger partial charge in [0.1, 0.15) is 0 Å². The number of carbonyl (C=O) groups is 2. The van der Waals surface area contributed by atoms with Crippen LogP contribution in [-0.4, -0.2) is 26.9 Å². The number of hydrogen-bond donors (Lipinski definition) is 2. The number of carboxylic acids is 1. The Morgan fingerprint density at radius 3 is 2.73 bits per heavy atom. The summed E-state index contributed by atoms with van der Waals surface area (Å²) < 4.78 is 0.621. The summed E-state index contributed by atoms with van der Waals surface area (Å²) in [5, 5.41) is 22.2. The normalized spacial score (nSPS) is 10.5. The molecule has 1 aromatic carbocycles. The van der Waals surface area contributed by atoms with Crippen LogP contribution in [0.2, 0.25) is 0 Å². The molecule has 0 saturated carbocycles. The Bertz CT molecular complexity index is 728. The number of nitro groups is 1. The molecule has 1 amide bonds. The Kier molecular flexibility index (Phi) is 4.99. The molecular formula is C13H13N3O5S. The summed E-state index contributed by atoms with van der Waals surface area (Å²) in [6.07, 6.45) is 1.17. The van der Waals surface area contributed by atoms with Gasteiger partial charge in [-0.15, -0.1) is 0 Å². The number of aromatic nitrogens is 1. The molecule has 1 heterocycles. The molecule has 0 atom stereocenters. The van der Waals surface area contributed by atoms with E-state index in [-0.39, 0.29) is 24.4 Å². The van der Waals surface area contributed by atoms with Crippen molar-refractivity contribution in [3.8, 4) is 0 Å². The maximum atomic E-state index is 11.7. The lowest BCUT2D eigenvalue weighted by Crippen LogP contribution is -2.11. The van der Waals surface area contributed by atoms with Crippen molar-refractivity contribution in [3.63, 3.8) is 0 Å². The van der Waals surface area contributed by atoms with Crippen molar-refractivity contribution in [1.82, 2.24) is 4.98 Å². The first-order chi connectivity index (χ1) is 10.5. The first-order valence-corrected chi connectivity index (χ1v) is 7.34. The van der Waals surface area contributed by atoms with Gasteiger partial charge in [0.2, 0.25) is 5.91 Å². The molecule has 0 bridgehead atoms. The predicted molar refractivity (Wildman–Crippen MR) is 81.0 cm³/mol. The van der Waals surface area contributed by atoms with Crippen molar-refractivity contribution < 1.29 is 19.6 Å². The Labute approximate surface area is 128 Å². The molecule has 2 N–H and O–H groups in total. The number of benzene rings is 1. The fraction of sp³-hybridized carbons (Fsp3) is 0.308. The maximum Gasteiger partial charge on any atom is 0.303 e. The monoisotopic (exact) mass is 323 g/mol. The van der Waals surface area contributed by atoms with Crippen molar-refractivity contribution in [2.75, 3.05) is 5.32 Å². The van der Waals surface area contributed by atoms with Crippen molar-refractivity contribution in [3.05, 3.63) is 28.3 Å². The number of nitrogens with one attached hydrogen (secondary N) is 1. The number of amides is 1. The van der Waals surface area contributed by atoms with Gasteiger partial charge in [0.15, 0.2) is 5.13 Å². The summed E-state index contributed by atoms with van der Waals surface area (Å²) in [6, 6.07) is 4.31. The lowest BCUT2D eigenvalue weighted by Gasteiger charge is -2.00. The maximum absolute atomic E-state index is 11.7. The first kappa shape index (κ1) is 15.8. The largest absolute Gasteiger partial charge is 0.481 e. The van der Waals surface area contributed by atoms with E-state index in [0.717, 1.165) is 11.3 Å². The summed E-state index contributed by atoms with van der Waals surface area (Å²) in [7, 11) is 0. The number of unbranched alkanes of at least 4 members (excludes halogenated alkanes) is 1. The molecule has 0 fully saturated rings. The lowest BCUT2D eigenvalue weighted by atomic mass is 10.2. The lowest BCUT2D eigenvalue weighted by molar-refractivity contribution is -0.384. The zero-order valence-corrected chi connectivity index (χ0v) is 12.3. The molecule has 0 aliphatic carbocycles. The zero-order valence-electron chi connectivity index (χ0n) is 11.4. The van der Waals surface area contributed by atoms with E-state index >= 15 is 0 Å². The van der Waals surface area contributed by atoms with Gasteiger partial charge in [0.25, 0.3) is 5.69 Å². The van der Waals surface area contributed by atoms with Crippen LogP contribution in [0.3, 0.4) is 0 Å². The van der Waals surface area contributed by atoms with Gasteiger partial charge >= 0.3 is 5.97 Å². The summed E-state index contributed by atoms with van der Waals surface area (Å²) in [6.45, 7) is 0. The number of rotatable bonds is 7. The van der Waals surface area contributed by atoms with Crippen LogP contribution in [0.15, 0.2) is 18.2 Å². The van der Waals surface area contributed by atoms with Crippen LogP contribution in [0.1, 0.15) is 25.7 Å². The number of hydrogen-bond acceptors (Lipinski definition) is 6. The van der Waals surface area contributed by atoms with E-state index in [4.69, 9.17) is 5.11 Å². The molecule has 0 saturated heterocycles. The average molecular weight is 323 g/mol. The minimum Gasteiger partial charge on any atom is -0.481 e. The molecular weight excluding hydrogens is 310 g/mol. The quantitative estimate of drug-likeness (QED) is 0.459. The number of fused-ring (bicyclic) bond motifs is 1. The number of carbonyl (C=O) groups excluding carboxylic acids is 1. The van der Waals surface area contributed by atoms with Crippen molar-refractivity contribution in [2.45, 2.75) is 25.7 Å². The number of non-ortho nitro benzene ring substituents is 1. The fourth-order valence-electron chi connectivity index (χ4n) is 1.82. The van der Waals surface area contributed by atoms with Gasteiger partial charge in [-0.25, -0.2) is 4.98 Å². The highest BCUT2D eigenvalue weighted by Crippen LogP contribution is 2.29. The third-order valence-corrected chi connectivity index (χ3v) is 3.81. The van der Waals surface area contributed by atoms with Crippen LogP contribution in [0.5, 0.6) is 0 Å². The SMILES string of the molecule is O=C(O)CCCCC(=O)Nc1nc2ccc([N+](=O)[O-])cc2s1. The van der Waals surface area contributed by atoms with Crippen LogP contribution in [0.25, 0.3) is 10.2 Å². The summed E-state index contributed by atoms with van der Waals surface area (Å²) in [4.78, 5) is 36.5. The molecule has 116 valence electrons. The highest BCUT2D eigenvalue weighted by Gasteiger charge is 2.12. The number of carboxylic acid groups (broad SMARTS) is 1. The molecule has 8 nitrogen and oxygen atoms in total. The number of anilines is 1. The van der Waals surface area contributed by atoms with Crippen LogP contribution in [-0.2, 0) is 9.59 Å². The van der Waals surface area contributed by atoms with Crippen LogP contribution >= 0.6 is 11.3 Å². The fourth-order valence-corrected chi connectivity index (χ4v) is 2.74. The second-order valence-corrected chi connectivity index (χ2v) is 5.61. The van der Waals surface area contributed by atoms with Gasteiger partial charge in [0, 0.05) is 25.0 Å². The second-order valence-electron chi connectivity index (χ2n) is 4.58. The molecule has 22 heavy (non-hydrogen) atoms. The highest BCUT2D eigenvalue weighted by atomic mass is 32.1. The Morgan fingerprint density at radius 2 is 2.05 bits per heavy atom. The van der Waals surface area contributed by atoms with Crippen molar-refractivity contribution in [1.29, 1.82) is 0 Å². The van der Waals surface area contributed by atoms with Crippen molar-refractivity contribution in [2.24, 2.45) is 0 Å². The molecule has 0 spiro atoms. The third kappa shape index (κ3) is 4.22. The topological polar surface area (TPSA) is 122 Å². The van der Waals surface area contributed by atoms with Gasteiger partial charge < -0.3 is 10.4 Å². The Morgan fingerprint density at radius 1 is 1.32 bits per heavy atom. The van der Waals surface area contributed by atoms with Gasteiger partial charge in [0.05, 0.1) is 15.1 Å². The van der Waals surface area contributed by atoms with E-state index in [2.05, 4.69) is 10.3 Å². The van der Waals surface area contributed by atoms with Crippen LogP contribution in [0, 0.1) is 10.1 Å². The minimum atomic E-state index is -0.881. The van der Waals surface area contributed by atoms with Gasteiger partial charge in [-0.3, -0.25) is 19.7 Å². The molecule has 0 aliphatic rings. The number of thiazole rings is 1. The van der Waals surface area contributed by atoms with E-state index in [0.29, 0.717) is 28.2 Å². The van der Waals surface area contributed by atoms with E-state index in [1.807, 2.05) is 0 Å². The number of nitro benzene ring substituents is 1. The number of aliphatic carboxylic acids is 1. The highest BCUT2D eigenvalue weighted by molar-refractivity contribution is 7.22. The van der Waals surface area contributed by atoms with E-state index in [1.54, 1.807) is 0 Å². The van der Waals surface area contributed by atoms with Gasteiger partial charge in [-0.1, -0.05) is 11.3 Å². The van der Waals surface area contributed by atoms with E-state index in [1.165, 1.54) is 18.2 Å². The molecule has 2 rings (SSSR count). The standard InChI is InChI=1S/C13H13N3O5S/c17-11(3-1-2-4-12(18)19)15-13-14-9-6-5-8(16(20)21)7-10(9)22-13/h5-7H,1-4H2,(H,18,19)(H,14,15,17). The van der Waals surface area contributed by atoms with Crippen LogP contribution in [0.4, 0.5) is 10.8 Å². The van der Waals surface area contributed by atoms with Gasteiger partial charge in [-0.05, 0) is 18.9 Å². The molecule has 0 radical (unpaired) electrons. The van der Waals surface area contributed by atoms with Crippen molar-refractivity contribution >= 4 is 44.2 Å². The summed E-state index contributed by atoms with van der Waals surface area (Å²) >= 11 is 1.16. The molecule has 0 aliphatic heterocycles. The van der Waals surface area contributed by atoms with Gasteiger partial charge in [-0.2, -0.15) is 0 Å². The smallest absolute Gasteiger partial charge is 0.303 e. The molecule has 0 unspecified atom stereocenters. The Balaban J connectivity index is 1.95. The first-order valence-electron chi connectivity index (χ1n) is 6.52.